The molecule has 5 rings (SSSR count). The Balaban J connectivity index is 1.64. The standard InChI is InChI=1S/C27H31N7O5S/c1-27(2,3)34(26(36)37)20-11-14-32(16-22(20)35)21-10-13-29-24-23(21)18(19-9-12-30-25(28)31-19)15-33(24)40(38,39)17-7-5-4-6-8-17/h4-10,12-13,15,20,22,35H,11,14,16H2,1-3H3,(H,36,37)(H2,28,30,31)/t20-,22+/m0/s1. The quantitative estimate of drug-likeness (QED) is 0.327. The van der Waals surface area contributed by atoms with E-state index in [1.54, 1.807) is 51.1 Å². The second kappa shape index (κ2) is 10.1. The van der Waals surface area contributed by atoms with Crippen LogP contribution < -0.4 is 10.6 Å². The molecule has 1 amide bonds. The van der Waals surface area contributed by atoms with Crippen molar-refractivity contribution in [2.45, 2.75) is 49.8 Å². The Morgan fingerprint density at radius 3 is 2.42 bits per heavy atom. The number of aliphatic hydroxyl groups excluding tert-OH is 1. The number of nitrogens with zero attached hydrogens (tertiary/aromatic N) is 6. The Morgan fingerprint density at radius 1 is 1.10 bits per heavy atom. The lowest BCUT2D eigenvalue weighted by atomic mass is 9.94. The van der Waals surface area contributed by atoms with Crippen molar-refractivity contribution in [3.63, 3.8) is 0 Å². The summed E-state index contributed by atoms with van der Waals surface area (Å²) < 4.78 is 28.6. The van der Waals surface area contributed by atoms with Gasteiger partial charge >= 0.3 is 6.09 Å². The molecule has 13 heteroatoms. The van der Waals surface area contributed by atoms with Crippen molar-refractivity contribution in [3.05, 3.63) is 61.1 Å². The average molecular weight is 566 g/mol. The molecule has 0 radical (unpaired) electrons. The third-order valence-corrected chi connectivity index (χ3v) is 8.70. The van der Waals surface area contributed by atoms with Crippen LogP contribution in [-0.4, -0.2) is 79.3 Å². The Morgan fingerprint density at radius 2 is 1.80 bits per heavy atom. The van der Waals surface area contributed by atoms with Gasteiger partial charge in [-0.2, -0.15) is 0 Å². The zero-order chi connectivity index (χ0) is 28.8. The van der Waals surface area contributed by atoms with Crippen molar-refractivity contribution in [1.82, 2.24) is 23.8 Å². The largest absolute Gasteiger partial charge is 0.465 e. The molecule has 0 bridgehead atoms. The van der Waals surface area contributed by atoms with Gasteiger partial charge < -0.3 is 20.8 Å². The van der Waals surface area contributed by atoms with Crippen LogP contribution in [0.25, 0.3) is 22.3 Å². The molecule has 1 aliphatic heterocycles. The van der Waals surface area contributed by atoms with Crippen molar-refractivity contribution in [3.8, 4) is 11.3 Å². The molecule has 0 spiro atoms. The van der Waals surface area contributed by atoms with Crippen LogP contribution in [0.15, 0.2) is 66.0 Å². The highest BCUT2D eigenvalue weighted by Gasteiger charge is 2.40. The van der Waals surface area contributed by atoms with E-state index in [0.717, 1.165) is 3.97 Å². The number of anilines is 2. The molecule has 4 N–H and O–H groups in total. The lowest BCUT2D eigenvalue weighted by Crippen LogP contribution is -2.60. The average Bonchev–Trinajstić information content (AvgIpc) is 3.30. The fourth-order valence-corrected chi connectivity index (χ4v) is 6.68. The molecule has 4 aromatic rings. The first-order valence-electron chi connectivity index (χ1n) is 12.7. The van der Waals surface area contributed by atoms with E-state index in [1.165, 1.54) is 35.6 Å². The summed E-state index contributed by atoms with van der Waals surface area (Å²) >= 11 is 0. The van der Waals surface area contributed by atoms with Gasteiger partial charge in [-0.15, -0.1) is 0 Å². The first kappa shape index (κ1) is 27.3. The predicted molar refractivity (Wildman–Crippen MR) is 150 cm³/mol. The van der Waals surface area contributed by atoms with Gasteiger partial charge in [0.2, 0.25) is 5.95 Å². The van der Waals surface area contributed by atoms with Gasteiger partial charge in [-0.05, 0) is 51.5 Å². The maximum atomic E-state index is 13.7. The van der Waals surface area contributed by atoms with E-state index in [4.69, 9.17) is 5.73 Å². The number of carbonyl (C=O) groups is 1. The molecule has 0 aliphatic carbocycles. The normalized spacial score (nSPS) is 18.1. The maximum absolute atomic E-state index is 13.7. The third kappa shape index (κ3) is 4.82. The highest BCUT2D eigenvalue weighted by Crippen LogP contribution is 2.39. The van der Waals surface area contributed by atoms with E-state index in [2.05, 4.69) is 15.0 Å². The van der Waals surface area contributed by atoms with E-state index >= 15 is 0 Å². The second-order valence-electron chi connectivity index (χ2n) is 10.7. The smallest absolute Gasteiger partial charge is 0.408 e. The first-order valence-corrected chi connectivity index (χ1v) is 14.2. The topological polar surface area (TPSA) is 168 Å². The molecular weight excluding hydrogens is 534 g/mol. The minimum absolute atomic E-state index is 0.0296. The summed E-state index contributed by atoms with van der Waals surface area (Å²) in [4.78, 5) is 28.1. The van der Waals surface area contributed by atoms with E-state index in [1.807, 2.05) is 4.90 Å². The summed E-state index contributed by atoms with van der Waals surface area (Å²) in [6, 6.07) is 10.8. The Hall–Kier alpha value is -4.23. The van der Waals surface area contributed by atoms with Crippen LogP contribution in [0.4, 0.5) is 16.4 Å². The molecule has 3 aromatic heterocycles. The number of hydrogen-bond donors (Lipinski definition) is 3. The van der Waals surface area contributed by atoms with Gasteiger partial charge in [-0.3, -0.25) is 4.90 Å². The van der Waals surface area contributed by atoms with E-state index < -0.39 is 33.8 Å². The third-order valence-electron chi connectivity index (χ3n) is 7.03. The Kier molecular flexibility index (Phi) is 6.88. The summed E-state index contributed by atoms with van der Waals surface area (Å²) in [7, 11) is -4.03. The van der Waals surface area contributed by atoms with Crippen molar-refractivity contribution in [1.29, 1.82) is 0 Å². The van der Waals surface area contributed by atoms with Crippen LogP contribution in [0.3, 0.4) is 0 Å². The van der Waals surface area contributed by atoms with Gasteiger partial charge in [0.05, 0.1) is 33.8 Å². The van der Waals surface area contributed by atoms with Crippen molar-refractivity contribution in [2.75, 3.05) is 23.7 Å². The maximum Gasteiger partial charge on any atom is 0.408 e. The Labute approximate surface area is 231 Å². The highest BCUT2D eigenvalue weighted by molar-refractivity contribution is 7.90. The number of carboxylic acid groups (broad SMARTS) is 1. The van der Waals surface area contributed by atoms with E-state index in [9.17, 15) is 23.4 Å². The van der Waals surface area contributed by atoms with Gasteiger partial charge in [0.15, 0.2) is 5.65 Å². The number of aromatic nitrogens is 4. The van der Waals surface area contributed by atoms with Crippen molar-refractivity contribution in [2.24, 2.45) is 0 Å². The molecule has 0 unspecified atom stereocenters. The number of piperidine rings is 1. The van der Waals surface area contributed by atoms with Crippen molar-refractivity contribution < 1.29 is 23.4 Å². The summed E-state index contributed by atoms with van der Waals surface area (Å²) in [6.45, 7) is 5.93. The molecule has 2 atom stereocenters. The zero-order valence-electron chi connectivity index (χ0n) is 22.3. The van der Waals surface area contributed by atoms with Crippen LogP contribution in [0, 0.1) is 0 Å². The monoisotopic (exact) mass is 565 g/mol. The van der Waals surface area contributed by atoms with Crippen LogP contribution >= 0.6 is 0 Å². The SMILES string of the molecule is CC(C)(C)N(C(=O)O)[C@H]1CCN(c2ccnc3c2c(-c2ccnc(N)n2)cn3S(=O)(=O)c2ccccc2)C[C@H]1O. The number of aliphatic hydroxyl groups is 1. The number of β-amino-alcohol motifs (C(OH)–C–C–N with tert-alkyl or cyclic N) is 1. The minimum atomic E-state index is -4.03. The lowest BCUT2D eigenvalue weighted by Gasteiger charge is -2.46. The molecule has 1 fully saturated rings. The molecule has 4 heterocycles. The number of rotatable bonds is 5. The number of hydrogen-bond acceptors (Lipinski definition) is 9. The van der Waals surface area contributed by atoms with E-state index in [0.29, 0.717) is 35.3 Å². The fraction of sp³-hybridized carbons (Fsp3) is 0.333. The lowest BCUT2D eigenvalue weighted by molar-refractivity contribution is -0.000726. The number of benzene rings is 1. The van der Waals surface area contributed by atoms with Gasteiger partial charge in [-0.1, -0.05) is 18.2 Å². The van der Waals surface area contributed by atoms with Crippen LogP contribution in [0.1, 0.15) is 27.2 Å². The molecule has 1 aromatic carbocycles. The molecule has 210 valence electrons. The van der Waals surface area contributed by atoms with Gasteiger partial charge in [-0.25, -0.2) is 32.1 Å². The van der Waals surface area contributed by atoms with E-state index in [-0.39, 0.29) is 23.0 Å². The number of nitrogen functional groups attached to an aromatic ring is 1. The molecule has 1 saturated heterocycles. The van der Waals surface area contributed by atoms with Gasteiger partial charge in [0, 0.05) is 42.8 Å². The summed E-state index contributed by atoms with van der Waals surface area (Å²) in [5.41, 5.74) is 6.87. The zero-order valence-corrected chi connectivity index (χ0v) is 23.2. The first-order chi connectivity index (χ1) is 18.9. The molecule has 1 aliphatic rings. The number of fused-ring (bicyclic) bond motifs is 1. The van der Waals surface area contributed by atoms with Gasteiger partial charge in [0.25, 0.3) is 10.0 Å². The summed E-state index contributed by atoms with van der Waals surface area (Å²) in [5, 5.41) is 21.5. The number of nitrogens with two attached hydrogens (primary N) is 1. The number of amides is 1. The van der Waals surface area contributed by atoms with Crippen LogP contribution in [0.5, 0.6) is 0 Å². The van der Waals surface area contributed by atoms with Crippen LogP contribution in [-0.2, 0) is 10.0 Å². The van der Waals surface area contributed by atoms with Gasteiger partial charge in [0.1, 0.15) is 0 Å². The minimum Gasteiger partial charge on any atom is -0.465 e. The summed E-state index contributed by atoms with van der Waals surface area (Å²) in [6.07, 6.45) is 2.77. The molecular formula is C27H31N7O5S. The summed E-state index contributed by atoms with van der Waals surface area (Å²) in [5.74, 6) is 0.0296. The van der Waals surface area contributed by atoms with Crippen LogP contribution in [0.2, 0.25) is 0 Å². The molecule has 12 nitrogen and oxygen atoms in total. The highest BCUT2D eigenvalue weighted by atomic mass is 32.2. The molecule has 40 heavy (non-hydrogen) atoms. The second-order valence-corrected chi connectivity index (χ2v) is 12.5. The van der Waals surface area contributed by atoms with Crippen molar-refractivity contribution >= 4 is 38.8 Å². The predicted octanol–water partition coefficient (Wildman–Crippen LogP) is 3.03. The Bertz CT molecular complexity index is 1670. The fourth-order valence-electron chi connectivity index (χ4n) is 5.35. The number of pyridine rings is 1. The molecule has 0 saturated carbocycles.